The summed E-state index contributed by atoms with van der Waals surface area (Å²) in [6.45, 7) is 3.08. The van der Waals surface area contributed by atoms with Crippen molar-refractivity contribution in [3.05, 3.63) is 71.7 Å². The number of halogens is 3. The number of hydrogen-bond acceptors (Lipinski definition) is 9. The summed E-state index contributed by atoms with van der Waals surface area (Å²) in [6, 6.07) is 5.69. The molecule has 0 saturated carbocycles. The van der Waals surface area contributed by atoms with Gasteiger partial charge in [-0.15, -0.1) is 5.10 Å². The van der Waals surface area contributed by atoms with E-state index in [0.29, 0.717) is 5.69 Å². The van der Waals surface area contributed by atoms with Crippen LogP contribution in [0.2, 0.25) is 0 Å². The first-order chi connectivity index (χ1) is 18.7. The molecule has 14 heteroatoms. The van der Waals surface area contributed by atoms with Gasteiger partial charge in [-0.1, -0.05) is 5.21 Å². The molecule has 0 aliphatic carbocycles. The van der Waals surface area contributed by atoms with E-state index in [1.165, 1.54) is 17.2 Å². The number of hydrogen-bond donors (Lipinski definition) is 3. The minimum atomic E-state index is -1.62. The predicted octanol–water partition coefficient (Wildman–Crippen LogP) is 2.37. The van der Waals surface area contributed by atoms with Gasteiger partial charge in [0.1, 0.15) is 42.5 Å². The maximum Gasteiger partial charge on any atom is 0.194 e. The van der Waals surface area contributed by atoms with Gasteiger partial charge in [0.25, 0.3) is 0 Å². The summed E-state index contributed by atoms with van der Waals surface area (Å²) in [5.41, 5.74) is 2.10. The van der Waals surface area contributed by atoms with Crippen LogP contribution in [-0.4, -0.2) is 76.2 Å². The van der Waals surface area contributed by atoms with Gasteiger partial charge < -0.3 is 20.1 Å². The molecule has 11 nitrogen and oxygen atoms in total. The van der Waals surface area contributed by atoms with Crippen molar-refractivity contribution >= 4 is 11.9 Å². The van der Waals surface area contributed by atoms with Crippen molar-refractivity contribution in [1.82, 2.24) is 29.8 Å². The van der Waals surface area contributed by atoms with Gasteiger partial charge in [-0.2, -0.15) is 5.10 Å². The lowest BCUT2D eigenvalue weighted by Gasteiger charge is -2.41. The maximum absolute atomic E-state index is 13.8. The number of aryl methyl sites for hydroxylation is 1. The molecule has 1 aliphatic heterocycles. The van der Waals surface area contributed by atoms with Gasteiger partial charge in [0.15, 0.2) is 23.3 Å². The Bertz CT molecular complexity index is 1500. The molecule has 204 valence electrons. The number of aliphatic hydroxyl groups is 3. The summed E-state index contributed by atoms with van der Waals surface area (Å²) in [5.74, 6) is -4.25. The first kappa shape index (κ1) is 26.6. The van der Waals surface area contributed by atoms with Crippen molar-refractivity contribution in [3.8, 4) is 16.9 Å². The Balaban J connectivity index is 1.50. The van der Waals surface area contributed by atoms with E-state index in [4.69, 9.17) is 4.74 Å². The van der Waals surface area contributed by atoms with Crippen LogP contribution in [0.5, 0.6) is 0 Å². The van der Waals surface area contributed by atoms with E-state index >= 15 is 0 Å². The van der Waals surface area contributed by atoms with Crippen LogP contribution >= 0.6 is 0 Å². The number of aromatic nitrogens is 6. The zero-order valence-electron chi connectivity index (χ0n) is 20.7. The highest BCUT2D eigenvalue weighted by Crippen LogP contribution is 2.38. The molecule has 0 spiro atoms. The molecule has 4 aromatic rings. The minimum absolute atomic E-state index is 0.0377. The predicted molar refractivity (Wildman–Crippen MR) is 131 cm³/mol. The third kappa shape index (κ3) is 4.83. The molecule has 5 rings (SSSR count). The molecule has 2 aromatic carbocycles. The molecule has 3 N–H and O–H groups in total. The summed E-state index contributed by atoms with van der Waals surface area (Å²) in [7, 11) is 0. The molecule has 0 bridgehead atoms. The van der Waals surface area contributed by atoms with Gasteiger partial charge in [0.2, 0.25) is 0 Å². The molecule has 1 fully saturated rings. The van der Waals surface area contributed by atoms with Crippen LogP contribution < -0.4 is 0 Å². The van der Waals surface area contributed by atoms with Gasteiger partial charge in [0, 0.05) is 11.8 Å². The molecule has 3 heterocycles. The lowest BCUT2D eigenvalue weighted by atomic mass is 9.92. The first-order valence-electron chi connectivity index (χ1n) is 11.9. The number of aliphatic imine (C=N–C) groups is 1. The summed E-state index contributed by atoms with van der Waals surface area (Å²) in [6.07, 6.45) is -1.09. The van der Waals surface area contributed by atoms with Crippen LogP contribution in [0.25, 0.3) is 16.9 Å². The maximum atomic E-state index is 13.8. The molecule has 1 aliphatic rings. The van der Waals surface area contributed by atoms with E-state index in [0.717, 1.165) is 28.1 Å². The quantitative estimate of drug-likeness (QED) is 0.248. The summed E-state index contributed by atoms with van der Waals surface area (Å²) < 4.78 is 49.3. The standard InChI is InChI=1S/C25H24F3N7O4/c1-3-29-17-5-4-14(6-12(17)2)35-25(30-11-31-35)24-23(38)21(22(37)19(10-36)39-24)34-9-18(32-33-34)13-7-15(26)20(28)16(27)8-13/h3-9,11,19,21-24,36-38H,10H2,1-2H3/t19-,21+,22+,23-,24-/m1/s1. The Morgan fingerprint density at radius 3 is 2.51 bits per heavy atom. The Kier molecular flexibility index (Phi) is 7.27. The van der Waals surface area contributed by atoms with Crippen LogP contribution in [-0.2, 0) is 4.74 Å². The van der Waals surface area contributed by atoms with E-state index in [9.17, 15) is 28.5 Å². The smallest absolute Gasteiger partial charge is 0.194 e. The topological polar surface area (TPSA) is 144 Å². The van der Waals surface area contributed by atoms with Crippen LogP contribution in [0, 0.1) is 24.4 Å². The molecule has 2 aromatic heterocycles. The van der Waals surface area contributed by atoms with Crippen LogP contribution in [0.3, 0.4) is 0 Å². The van der Waals surface area contributed by atoms with E-state index < -0.39 is 54.5 Å². The Morgan fingerprint density at radius 1 is 1.10 bits per heavy atom. The summed E-state index contributed by atoms with van der Waals surface area (Å²) in [4.78, 5) is 8.56. The highest BCUT2D eigenvalue weighted by Gasteiger charge is 2.48. The molecule has 5 atom stereocenters. The van der Waals surface area contributed by atoms with Gasteiger partial charge in [0.05, 0.1) is 24.2 Å². The van der Waals surface area contributed by atoms with Crippen molar-refractivity contribution in [1.29, 1.82) is 0 Å². The van der Waals surface area contributed by atoms with Gasteiger partial charge in [-0.3, -0.25) is 4.99 Å². The van der Waals surface area contributed by atoms with Crippen LogP contribution in [0.15, 0.2) is 47.8 Å². The lowest BCUT2D eigenvalue weighted by molar-refractivity contribution is -0.210. The molecule has 0 radical (unpaired) electrons. The van der Waals surface area contributed by atoms with E-state index in [2.05, 4.69) is 25.4 Å². The van der Waals surface area contributed by atoms with E-state index in [1.54, 1.807) is 25.3 Å². The first-order valence-corrected chi connectivity index (χ1v) is 11.9. The summed E-state index contributed by atoms with van der Waals surface area (Å²) >= 11 is 0. The number of rotatable bonds is 6. The molecular formula is C25H24F3N7O4. The second kappa shape index (κ2) is 10.6. The Hall–Kier alpha value is -3.98. The van der Waals surface area contributed by atoms with Crippen molar-refractivity contribution < 1.29 is 33.2 Å². The molecule has 1 saturated heterocycles. The van der Waals surface area contributed by atoms with Crippen LogP contribution in [0.1, 0.15) is 30.5 Å². The van der Waals surface area contributed by atoms with Crippen molar-refractivity contribution in [2.75, 3.05) is 6.61 Å². The number of benzene rings is 2. The zero-order valence-corrected chi connectivity index (χ0v) is 20.7. The largest absolute Gasteiger partial charge is 0.394 e. The molecular weight excluding hydrogens is 519 g/mol. The zero-order chi connectivity index (χ0) is 27.8. The SMILES string of the molecule is CC=Nc1ccc(-n2ncnc2[C@@H]2O[C@H](CO)[C@H](O)[C@H](n3cc(-c4cc(F)c(F)c(F)c4)nn3)[C@H]2O)cc1C. The number of aliphatic hydroxyl groups excluding tert-OH is 3. The normalized spacial score (nSPS) is 23.5. The second-order valence-electron chi connectivity index (χ2n) is 8.98. The van der Waals surface area contributed by atoms with Crippen molar-refractivity contribution in [2.24, 2.45) is 4.99 Å². The minimum Gasteiger partial charge on any atom is -0.394 e. The average molecular weight is 544 g/mol. The Labute approximate surface area is 219 Å². The van der Waals surface area contributed by atoms with Crippen LogP contribution in [0.4, 0.5) is 18.9 Å². The number of nitrogens with zero attached hydrogens (tertiary/aromatic N) is 7. The lowest BCUT2D eigenvalue weighted by Crippen LogP contribution is -2.53. The fourth-order valence-electron chi connectivity index (χ4n) is 4.58. The van der Waals surface area contributed by atoms with Crippen molar-refractivity contribution in [3.63, 3.8) is 0 Å². The number of ether oxygens (including phenoxy) is 1. The average Bonchev–Trinajstić information content (AvgIpc) is 3.59. The molecule has 0 amide bonds. The highest BCUT2D eigenvalue weighted by molar-refractivity contribution is 5.63. The third-order valence-electron chi connectivity index (χ3n) is 6.51. The fraction of sp³-hybridized carbons (Fsp3) is 0.320. The van der Waals surface area contributed by atoms with E-state index in [1.807, 2.05) is 13.0 Å². The summed E-state index contributed by atoms with van der Waals surface area (Å²) in [5, 5.41) is 44.2. The van der Waals surface area contributed by atoms with Crippen molar-refractivity contribution in [2.45, 2.75) is 44.3 Å². The second-order valence-corrected chi connectivity index (χ2v) is 8.98. The van der Waals surface area contributed by atoms with Gasteiger partial charge >= 0.3 is 0 Å². The monoisotopic (exact) mass is 543 g/mol. The van der Waals surface area contributed by atoms with E-state index in [-0.39, 0.29) is 17.1 Å². The highest BCUT2D eigenvalue weighted by atomic mass is 19.2. The van der Waals surface area contributed by atoms with Gasteiger partial charge in [-0.05, 0) is 49.7 Å². The molecule has 0 unspecified atom stereocenters. The third-order valence-corrected chi connectivity index (χ3v) is 6.51. The molecule has 39 heavy (non-hydrogen) atoms. The fourth-order valence-corrected chi connectivity index (χ4v) is 4.58. The Morgan fingerprint density at radius 2 is 1.85 bits per heavy atom. The van der Waals surface area contributed by atoms with Gasteiger partial charge in [-0.25, -0.2) is 27.5 Å².